The zero-order chi connectivity index (χ0) is 27.6. The molecule has 2 amide bonds. The van der Waals surface area contributed by atoms with E-state index < -0.39 is 11.7 Å². The number of nitrogens with one attached hydrogen (secondary N) is 3. The van der Waals surface area contributed by atoms with Crippen LogP contribution in [-0.4, -0.2) is 56.5 Å². The van der Waals surface area contributed by atoms with Crippen molar-refractivity contribution in [1.29, 1.82) is 0 Å². The molecule has 4 aromatic rings. The lowest BCUT2D eigenvalue weighted by atomic mass is 10.0. The lowest BCUT2D eigenvalue weighted by Gasteiger charge is -2.36. The molecular formula is C29H35N7O3. The molecule has 3 N–H and O–H groups in total. The van der Waals surface area contributed by atoms with Gasteiger partial charge < -0.3 is 25.3 Å². The zero-order valence-corrected chi connectivity index (χ0v) is 22.8. The number of nitrogens with zero attached hydrogens (tertiary/aromatic N) is 4. The van der Waals surface area contributed by atoms with Gasteiger partial charge in [0.1, 0.15) is 11.2 Å². The van der Waals surface area contributed by atoms with E-state index in [4.69, 9.17) is 4.74 Å². The molecule has 3 aromatic heterocycles. The second kappa shape index (κ2) is 10.8. The van der Waals surface area contributed by atoms with Crippen molar-refractivity contribution in [2.75, 3.05) is 23.3 Å². The largest absolute Gasteiger partial charge is 0.444 e. The van der Waals surface area contributed by atoms with Gasteiger partial charge >= 0.3 is 6.09 Å². The lowest BCUT2D eigenvalue weighted by molar-refractivity contribution is 0.0500. The molecule has 0 unspecified atom stereocenters. The number of hydrogen-bond donors (Lipinski definition) is 3. The number of benzene rings is 1. The first-order chi connectivity index (χ1) is 18.7. The van der Waals surface area contributed by atoms with Crippen LogP contribution in [0.4, 0.5) is 16.2 Å². The van der Waals surface area contributed by atoms with Gasteiger partial charge in [-0.3, -0.25) is 9.48 Å². The maximum Gasteiger partial charge on any atom is 0.407 e. The number of alkyl carbamates (subject to hydrolysis) is 1. The summed E-state index contributed by atoms with van der Waals surface area (Å²) in [6.07, 6.45) is 8.30. The number of aromatic nitrogens is 4. The smallest absolute Gasteiger partial charge is 0.407 e. The Labute approximate surface area is 227 Å². The van der Waals surface area contributed by atoms with Gasteiger partial charge in [0.25, 0.3) is 5.91 Å². The summed E-state index contributed by atoms with van der Waals surface area (Å²) in [5, 5.41) is 11.3. The lowest BCUT2D eigenvalue weighted by Crippen LogP contribution is -2.49. The Kier molecular flexibility index (Phi) is 7.28. The topological polar surface area (TPSA) is 117 Å². The van der Waals surface area contributed by atoms with Crippen LogP contribution in [-0.2, 0) is 11.3 Å². The monoisotopic (exact) mass is 529 g/mol. The number of pyridine rings is 1. The molecule has 1 atom stereocenters. The number of piperidine rings is 1. The van der Waals surface area contributed by atoms with Gasteiger partial charge in [0, 0.05) is 37.7 Å². The molecule has 0 aliphatic carbocycles. The number of rotatable bonds is 6. The van der Waals surface area contributed by atoms with Gasteiger partial charge in [0.15, 0.2) is 0 Å². The van der Waals surface area contributed by atoms with Crippen LogP contribution < -0.4 is 15.5 Å². The average molecular weight is 530 g/mol. The average Bonchev–Trinajstić information content (AvgIpc) is 3.51. The number of anilines is 2. The first kappa shape index (κ1) is 26.3. The maximum atomic E-state index is 13.2. The van der Waals surface area contributed by atoms with E-state index in [0.717, 1.165) is 41.6 Å². The van der Waals surface area contributed by atoms with Gasteiger partial charge in [-0.15, -0.1) is 0 Å². The summed E-state index contributed by atoms with van der Waals surface area (Å²) in [6, 6.07) is 9.93. The van der Waals surface area contributed by atoms with Crippen LogP contribution in [0.2, 0.25) is 0 Å². The highest BCUT2D eigenvalue weighted by molar-refractivity contribution is 6.11. The van der Waals surface area contributed by atoms with Crippen LogP contribution in [0.15, 0.2) is 55.1 Å². The van der Waals surface area contributed by atoms with Gasteiger partial charge in [0.2, 0.25) is 0 Å². The predicted molar refractivity (Wildman–Crippen MR) is 151 cm³/mol. The van der Waals surface area contributed by atoms with Crippen LogP contribution >= 0.6 is 0 Å². The Morgan fingerprint density at radius 2 is 1.97 bits per heavy atom. The molecule has 1 aliphatic rings. The third-order valence-corrected chi connectivity index (χ3v) is 6.65. The van der Waals surface area contributed by atoms with E-state index >= 15 is 0 Å². The van der Waals surface area contributed by atoms with Crippen molar-refractivity contribution in [3.8, 4) is 0 Å². The number of fused-ring (bicyclic) bond motifs is 1. The van der Waals surface area contributed by atoms with Crippen LogP contribution in [0.5, 0.6) is 0 Å². The molecule has 39 heavy (non-hydrogen) atoms. The fraction of sp³-hybridized carbons (Fsp3) is 0.379. The molecule has 1 aliphatic heterocycles. The van der Waals surface area contributed by atoms with Crippen molar-refractivity contribution in [2.24, 2.45) is 0 Å². The molecule has 204 valence electrons. The summed E-state index contributed by atoms with van der Waals surface area (Å²) < 4.78 is 7.22. The fourth-order valence-electron chi connectivity index (χ4n) is 4.98. The highest BCUT2D eigenvalue weighted by atomic mass is 16.6. The Morgan fingerprint density at radius 1 is 1.18 bits per heavy atom. The number of carbonyl (C=O) groups excluding carboxylic acids is 2. The minimum Gasteiger partial charge on any atom is -0.444 e. The van der Waals surface area contributed by atoms with E-state index in [2.05, 4.69) is 30.6 Å². The highest BCUT2D eigenvalue weighted by Gasteiger charge is 2.27. The third-order valence-electron chi connectivity index (χ3n) is 6.65. The van der Waals surface area contributed by atoms with Gasteiger partial charge in [-0.25, -0.2) is 9.78 Å². The van der Waals surface area contributed by atoms with Gasteiger partial charge in [0.05, 0.1) is 35.1 Å². The first-order valence-electron chi connectivity index (χ1n) is 13.2. The normalized spacial score (nSPS) is 15.8. The highest BCUT2D eigenvalue weighted by Crippen LogP contribution is 2.36. The number of aromatic amines is 1. The Hall–Kier alpha value is -4.34. The summed E-state index contributed by atoms with van der Waals surface area (Å²) in [4.78, 5) is 35.6. The van der Waals surface area contributed by atoms with Crippen LogP contribution in [0, 0.1) is 6.92 Å². The Morgan fingerprint density at radius 3 is 2.74 bits per heavy atom. The standard InChI is InChI=1S/C29H35N7O3/c1-19-13-30-26-24(25(19)35-12-8-11-22(18-35)33-28(38)39-29(2,3)4)23(15-31-26)34-27(37)21-14-32-36(17-21)16-20-9-6-5-7-10-20/h5-7,9-10,13-15,17,22H,8,11-12,16,18H2,1-4H3,(H,30,31)(H,33,38)(H,34,37)/t22-/m1/s1. The predicted octanol–water partition coefficient (Wildman–Crippen LogP) is 4.86. The molecule has 10 heteroatoms. The van der Waals surface area contributed by atoms with Crippen LogP contribution in [0.3, 0.4) is 0 Å². The summed E-state index contributed by atoms with van der Waals surface area (Å²) in [6.45, 7) is 9.62. The maximum absolute atomic E-state index is 13.2. The van der Waals surface area contributed by atoms with E-state index in [1.165, 1.54) is 0 Å². The molecule has 0 bridgehead atoms. The minimum atomic E-state index is -0.553. The summed E-state index contributed by atoms with van der Waals surface area (Å²) in [5.74, 6) is -0.245. The molecule has 1 fully saturated rings. The van der Waals surface area contributed by atoms with E-state index in [0.29, 0.717) is 30.0 Å². The third kappa shape index (κ3) is 6.22. The molecule has 10 nitrogen and oxygen atoms in total. The first-order valence-corrected chi connectivity index (χ1v) is 13.2. The van der Waals surface area contributed by atoms with Crippen molar-refractivity contribution in [3.63, 3.8) is 0 Å². The molecule has 0 saturated carbocycles. The Balaban J connectivity index is 1.34. The van der Waals surface area contributed by atoms with Crippen molar-refractivity contribution in [1.82, 2.24) is 25.1 Å². The zero-order valence-electron chi connectivity index (χ0n) is 22.8. The molecule has 0 radical (unpaired) electrons. The number of carbonyl (C=O) groups is 2. The summed E-state index contributed by atoms with van der Waals surface area (Å²) in [5.41, 5.74) is 4.35. The van der Waals surface area contributed by atoms with Crippen molar-refractivity contribution >= 4 is 34.4 Å². The minimum absolute atomic E-state index is 0.0522. The number of ether oxygens (including phenoxy) is 1. The fourth-order valence-corrected chi connectivity index (χ4v) is 4.98. The summed E-state index contributed by atoms with van der Waals surface area (Å²) >= 11 is 0. The van der Waals surface area contributed by atoms with Crippen LogP contribution in [0.25, 0.3) is 11.0 Å². The van der Waals surface area contributed by atoms with E-state index in [1.54, 1.807) is 23.3 Å². The van der Waals surface area contributed by atoms with Crippen molar-refractivity contribution in [2.45, 2.75) is 58.7 Å². The van der Waals surface area contributed by atoms with Crippen LogP contribution in [0.1, 0.15) is 55.1 Å². The van der Waals surface area contributed by atoms with Crippen molar-refractivity contribution in [3.05, 3.63) is 71.8 Å². The number of aryl methyl sites for hydroxylation is 1. The summed E-state index contributed by atoms with van der Waals surface area (Å²) in [7, 11) is 0. The van der Waals surface area contributed by atoms with Gasteiger partial charge in [-0.05, 0) is 51.7 Å². The molecule has 1 saturated heterocycles. The molecular weight excluding hydrogens is 494 g/mol. The molecule has 4 heterocycles. The van der Waals surface area contributed by atoms with E-state index in [1.807, 2.05) is 64.2 Å². The molecule has 1 aromatic carbocycles. The van der Waals surface area contributed by atoms with E-state index in [9.17, 15) is 9.59 Å². The number of H-pyrrole nitrogens is 1. The SMILES string of the molecule is Cc1cnc2[nH]cc(NC(=O)c3cnn(Cc4ccccc4)c3)c2c1N1CCC[C@@H](NC(=O)OC(C)(C)C)C1. The second-order valence-corrected chi connectivity index (χ2v) is 11.0. The van der Waals surface area contributed by atoms with Gasteiger partial charge in [-0.1, -0.05) is 30.3 Å². The second-order valence-electron chi connectivity index (χ2n) is 11.0. The molecule has 5 rings (SSSR count). The van der Waals surface area contributed by atoms with E-state index in [-0.39, 0.29) is 11.9 Å². The van der Waals surface area contributed by atoms with Gasteiger partial charge in [-0.2, -0.15) is 5.10 Å². The number of amides is 2. The molecule has 0 spiro atoms. The van der Waals surface area contributed by atoms with Crippen molar-refractivity contribution < 1.29 is 14.3 Å². The number of hydrogen-bond acceptors (Lipinski definition) is 6. The Bertz CT molecular complexity index is 1470. The quantitative estimate of drug-likeness (QED) is 0.328.